The lowest BCUT2D eigenvalue weighted by atomic mass is 9.99. The number of fused-ring (bicyclic) bond motifs is 1. The predicted molar refractivity (Wildman–Crippen MR) is 121 cm³/mol. The Balaban J connectivity index is 1.25. The lowest BCUT2D eigenvalue weighted by Gasteiger charge is -2.21. The van der Waals surface area contributed by atoms with Crippen molar-refractivity contribution in [3.63, 3.8) is 0 Å². The average molecular weight is 451 g/mol. The fourth-order valence-corrected chi connectivity index (χ4v) is 4.76. The molecule has 3 atom stereocenters. The van der Waals surface area contributed by atoms with Crippen molar-refractivity contribution in [1.82, 2.24) is 15.5 Å². The maximum atomic E-state index is 12.8. The number of benzene rings is 3. The fourth-order valence-electron chi connectivity index (χ4n) is 4.76. The molecule has 5 rings (SSSR count). The van der Waals surface area contributed by atoms with Crippen molar-refractivity contribution >= 4 is 10.8 Å². The van der Waals surface area contributed by atoms with E-state index in [-0.39, 0.29) is 12.0 Å². The molecular formula is C26H24F3N3O. The van der Waals surface area contributed by atoms with Crippen LogP contribution in [0.1, 0.15) is 55.2 Å². The van der Waals surface area contributed by atoms with E-state index in [2.05, 4.69) is 64.8 Å². The second-order valence-corrected chi connectivity index (χ2v) is 8.69. The fraction of sp³-hybridized carbons (Fsp3) is 0.308. The summed E-state index contributed by atoms with van der Waals surface area (Å²) in [5.41, 5.74) is 1.09. The van der Waals surface area contributed by atoms with Crippen LogP contribution in [0.2, 0.25) is 0 Å². The van der Waals surface area contributed by atoms with Crippen LogP contribution in [0.15, 0.2) is 71.3 Å². The zero-order chi connectivity index (χ0) is 23.0. The van der Waals surface area contributed by atoms with Gasteiger partial charge in [-0.15, -0.1) is 0 Å². The van der Waals surface area contributed by atoms with E-state index in [9.17, 15) is 13.2 Å². The van der Waals surface area contributed by atoms with E-state index in [0.29, 0.717) is 23.3 Å². The predicted octanol–water partition coefficient (Wildman–Crippen LogP) is 6.90. The van der Waals surface area contributed by atoms with Gasteiger partial charge in [0.25, 0.3) is 0 Å². The zero-order valence-electron chi connectivity index (χ0n) is 18.1. The van der Waals surface area contributed by atoms with Crippen LogP contribution in [0, 0.1) is 0 Å². The van der Waals surface area contributed by atoms with Gasteiger partial charge in [-0.25, -0.2) is 0 Å². The summed E-state index contributed by atoms with van der Waals surface area (Å²) < 4.78 is 43.8. The Morgan fingerprint density at radius 1 is 0.970 bits per heavy atom. The van der Waals surface area contributed by atoms with Gasteiger partial charge in [0.1, 0.15) is 0 Å². The number of nitrogens with zero attached hydrogens (tertiary/aromatic N) is 2. The molecule has 170 valence electrons. The van der Waals surface area contributed by atoms with Crippen LogP contribution in [0.25, 0.3) is 22.2 Å². The van der Waals surface area contributed by atoms with Gasteiger partial charge in [0, 0.05) is 23.6 Å². The van der Waals surface area contributed by atoms with Crippen LogP contribution in [-0.4, -0.2) is 16.2 Å². The maximum Gasteiger partial charge on any atom is 0.416 e. The Morgan fingerprint density at radius 3 is 2.52 bits per heavy atom. The van der Waals surface area contributed by atoms with E-state index in [1.807, 2.05) is 0 Å². The second-order valence-electron chi connectivity index (χ2n) is 8.69. The molecule has 1 heterocycles. The molecule has 0 aliphatic heterocycles. The summed E-state index contributed by atoms with van der Waals surface area (Å²) >= 11 is 0. The monoisotopic (exact) mass is 451 g/mol. The molecule has 1 aliphatic carbocycles. The maximum absolute atomic E-state index is 12.8. The lowest BCUT2D eigenvalue weighted by molar-refractivity contribution is -0.137. The third kappa shape index (κ3) is 4.50. The van der Waals surface area contributed by atoms with Crippen molar-refractivity contribution in [3.05, 3.63) is 83.7 Å². The third-order valence-corrected chi connectivity index (χ3v) is 6.47. The topological polar surface area (TPSA) is 51.0 Å². The van der Waals surface area contributed by atoms with E-state index in [4.69, 9.17) is 4.52 Å². The Labute approximate surface area is 189 Å². The summed E-state index contributed by atoms with van der Waals surface area (Å²) in [4.78, 5) is 4.48. The number of alkyl halides is 3. The van der Waals surface area contributed by atoms with E-state index < -0.39 is 11.7 Å². The second kappa shape index (κ2) is 8.63. The van der Waals surface area contributed by atoms with Crippen molar-refractivity contribution in [2.45, 2.75) is 50.4 Å². The minimum atomic E-state index is -4.37. The first-order valence-electron chi connectivity index (χ1n) is 11.1. The van der Waals surface area contributed by atoms with Crippen LogP contribution < -0.4 is 5.32 Å². The van der Waals surface area contributed by atoms with Crippen molar-refractivity contribution in [2.75, 3.05) is 0 Å². The van der Waals surface area contributed by atoms with Crippen LogP contribution in [0.4, 0.5) is 13.2 Å². The molecule has 0 spiro atoms. The molecule has 3 aromatic carbocycles. The highest BCUT2D eigenvalue weighted by molar-refractivity contribution is 5.86. The summed E-state index contributed by atoms with van der Waals surface area (Å²) in [5.74, 6) is 1.00. The normalized spacial score (nSPS) is 19.8. The number of aromatic nitrogens is 2. The summed E-state index contributed by atoms with van der Waals surface area (Å²) in [5, 5.41) is 10.2. The highest BCUT2D eigenvalue weighted by Gasteiger charge is 2.32. The first-order chi connectivity index (χ1) is 15.9. The molecule has 33 heavy (non-hydrogen) atoms. The number of hydrogen-bond acceptors (Lipinski definition) is 4. The van der Waals surface area contributed by atoms with Gasteiger partial charge in [0.2, 0.25) is 11.7 Å². The Kier molecular flexibility index (Phi) is 5.66. The Bertz CT molecular complexity index is 1240. The van der Waals surface area contributed by atoms with E-state index in [1.54, 1.807) is 0 Å². The molecule has 0 amide bonds. The van der Waals surface area contributed by atoms with E-state index in [1.165, 1.54) is 28.5 Å². The van der Waals surface area contributed by atoms with Gasteiger partial charge in [-0.05, 0) is 54.7 Å². The minimum absolute atomic E-state index is 0.137. The number of halogens is 3. The highest BCUT2D eigenvalue weighted by atomic mass is 19.4. The molecule has 1 saturated carbocycles. The van der Waals surface area contributed by atoms with Crippen molar-refractivity contribution in [3.8, 4) is 11.4 Å². The van der Waals surface area contributed by atoms with Gasteiger partial charge in [0.15, 0.2) is 0 Å². The van der Waals surface area contributed by atoms with Crippen LogP contribution in [-0.2, 0) is 6.18 Å². The molecular weight excluding hydrogens is 427 g/mol. The zero-order valence-corrected chi connectivity index (χ0v) is 18.1. The summed E-state index contributed by atoms with van der Waals surface area (Å²) in [6, 6.07) is 20.1. The van der Waals surface area contributed by atoms with E-state index >= 15 is 0 Å². The van der Waals surface area contributed by atoms with Crippen LogP contribution in [0.3, 0.4) is 0 Å². The summed E-state index contributed by atoms with van der Waals surface area (Å²) in [7, 11) is 0. The van der Waals surface area contributed by atoms with Crippen molar-refractivity contribution in [1.29, 1.82) is 0 Å². The minimum Gasteiger partial charge on any atom is -0.339 e. The Morgan fingerprint density at radius 2 is 1.73 bits per heavy atom. The molecule has 0 bridgehead atoms. The van der Waals surface area contributed by atoms with Gasteiger partial charge in [0.05, 0.1) is 5.56 Å². The smallest absolute Gasteiger partial charge is 0.339 e. The van der Waals surface area contributed by atoms with Gasteiger partial charge < -0.3 is 9.84 Å². The lowest BCUT2D eigenvalue weighted by Crippen LogP contribution is -2.29. The first kappa shape index (κ1) is 21.6. The largest absolute Gasteiger partial charge is 0.416 e. The summed E-state index contributed by atoms with van der Waals surface area (Å²) in [6.45, 7) is 2.19. The molecule has 1 aliphatic rings. The third-order valence-electron chi connectivity index (χ3n) is 6.47. The highest BCUT2D eigenvalue weighted by Crippen LogP contribution is 2.36. The molecule has 4 aromatic rings. The summed E-state index contributed by atoms with van der Waals surface area (Å²) in [6.07, 6.45) is -1.56. The average Bonchev–Trinajstić information content (AvgIpc) is 3.48. The first-order valence-corrected chi connectivity index (χ1v) is 11.1. The molecule has 1 fully saturated rings. The molecule has 1 aromatic heterocycles. The molecule has 7 heteroatoms. The molecule has 0 saturated heterocycles. The van der Waals surface area contributed by atoms with Crippen LogP contribution >= 0.6 is 0 Å². The number of hydrogen-bond donors (Lipinski definition) is 1. The van der Waals surface area contributed by atoms with Gasteiger partial charge in [-0.1, -0.05) is 59.8 Å². The SMILES string of the molecule is C[C@@H](NC1CCC(c2nc(-c3ccc(C(F)(F)F)cc3)no2)C1)c1cccc2ccccc12. The molecule has 0 radical (unpaired) electrons. The van der Waals surface area contributed by atoms with Crippen LogP contribution in [0.5, 0.6) is 0 Å². The quantitative estimate of drug-likeness (QED) is 0.359. The number of nitrogens with one attached hydrogen (secondary N) is 1. The van der Waals surface area contributed by atoms with Crippen molar-refractivity contribution < 1.29 is 17.7 Å². The standard InChI is InChI=1S/C26H24F3N3O/c1-16(22-8-4-6-17-5-2-3-7-23(17)22)30-21-14-11-19(15-21)25-31-24(32-33-25)18-9-12-20(13-10-18)26(27,28)29/h2-10,12-13,16,19,21,30H,11,14-15H2,1H3/t16-,19?,21?/m1/s1. The van der Waals surface area contributed by atoms with Gasteiger partial charge in [-0.2, -0.15) is 18.2 Å². The molecule has 2 unspecified atom stereocenters. The Hall–Kier alpha value is -3.19. The molecule has 1 N–H and O–H groups in total. The van der Waals surface area contributed by atoms with Gasteiger partial charge >= 0.3 is 6.18 Å². The number of rotatable bonds is 5. The van der Waals surface area contributed by atoms with Crippen molar-refractivity contribution in [2.24, 2.45) is 0 Å². The van der Waals surface area contributed by atoms with Gasteiger partial charge in [-0.3, -0.25) is 0 Å². The van der Waals surface area contributed by atoms with E-state index in [0.717, 1.165) is 31.4 Å². The molecule has 4 nitrogen and oxygen atoms in total.